The van der Waals surface area contributed by atoms with Crippen molar-refractivity contribution < 1.29 is 14.3 Å². The first-order valence-corrected chi connectivity index (χ1v) is 11.0. The molecule has 1 aliphatic heterocycles. The van der Waals surface area contributed by atoms with E-state index in [-0.39, 0.29) is 30.0 Å². The molecule has 1 atom stereocenters. The predicted octanol–water partition coefficient (Wildman–Crippen LogP) is 2.95. The number of nitrogens with one attached hydrogen (secondary N) is 2. The Hall–Kier alpha value is -3.30. The number of amides is 2. The highest BCUT2D eigenvalue weighted by atomic mass is 35.5. The number of methoxy groups -OCH3 is 2. The minimum atomic E-state index is -0.243. The third-order valence-corrected chi connectivity index (χ3v) is 5.94. The smallest absolute Gasteiger partial charge is 0.317 e. The van der Waals surface area contributed by atoms with Crippen LogP contribution >= 0.6 is 12.4 Å². The molecule has 0 spiro atoms. The molecule has 0 saturated carbocycles. The van der Waals surface area contributed by atoms with E-state index in [0.29, 0.717) is 61.0 Å². The molecule has 0 aliphatic carbocycles. The molecule has 182 valence electrons. The van der Waals surface area contributed by atoms with Crippen LogP contribution in [0.15, 0.2) is 47.3 Å². The maximum Gasteiger partial charge on any atom is 0.317 e. The van der Waals surface area contributed by atoms with Crippen LogP contribution in [0.2, 0.25) is 0 Å². The number of carbonyl (C=O) groups is 1. The molecule has 1 saturated heterocycles. The lowest BCUT2D eigenvalue weighted by Crippen LogP contribution is -2.51. The second-order valence-electron chi connectivity index (χ2n) is 8.07. The second-order valence-corrected chi connectivity index (χ2v) is 8.07. The Morgan fingerprint density at radius 1 is 1.12 bits per heavy atom. The maximum atomic E-state index is 12.9. The standard InChI is InChI=1S/C24H29N5O4.ClH/c1-16(19-14-17(32-2)8-9-21(19)33-3)25-24(31)29-12-10-28(11-13-29)15-22-26-20-7-5-4-6-18(20)23(30)27-22;/h4-9,14,16H,10-13,15H2,1-3H3,(H,25,31)(H,26,27,30);1H. The molecule has 3 aromatic rings. The summed E-state index contributed by atoms with van der Waals surface area (Å²) in [6.45, 7) is 5.03. The van der Waals surface area contributed by atoms with Crippen molar-refractivity contribution in [3.05, 3.63) is 64.2 Å². The summed E-state index contributed by atoms with van der Waals surface area (Å²) in [5.41, 5.74) is 1.42. The van der Waals surface area contributed by atoms with Gasteiger partial charge in [0.2, 0.25) is 0 Å². The SMILES string of the molecule is COc1ccc(OC)c(C(C)NC(=O)N2CCN(Cc3nc4ccccc4c(=O)[nH]3)CC2)c1.Cl. The van der Waals surface area contributed by atoms with Crippen molar-refractivity contribution >= 4 is 29.3 Å². The van der Waals surface area contributed by atoms with E-state index in [2.05, 4.69) is 20.2 Å². The number of halogens is 1. The predicted molar refractivity (Wildman–Crippen MR) is 133 cm³/mol. The maximum absolute atomic E-state index is 12.9. The van der Waals surface area contributed by atoms with Crippen molar-refractivity contribution in [2.45, 2.75) is 19.5 Å². The number of piperazine rings is 1. The van der Waals surface area contributed by atoms with Gasteiger partial charge < -0.3 is 24.7 Å². The highest BCUT2D eigenvalue weighted by Gasteiger charge is 2.24. The number of nitrogens with zero attached hydrogens (tertiary/aromatic N) is 3. The lowest BCUT2D eigenvalue weighted by Gasteiger charge is -2.35. The Bertz CT molecular complexity index is 1190. The molecule has 10 heteroatoms. The van der Waals surface area contributed by atoms with Crippen LogP contribution in [0.4, 0.5) is 4.79 Å². The van der Waals surface area contributed by atoms with Crippen LogP contribution in [0.3, 0.4) is 0 Å². The number of hydrogen-bond donors (Lipinski definition) is 2. The topological polar surface area (TPSA) is 99.8 Å². The Morgan fingerprint density at radius 3 is 2.56 bits per heavy atom. The van der Waals surface area contributed by atoms with Crippen LogP contribution in [0, 0.1) is 0 Å². The number of carbonyl (C=O) groups excluding carboxylic acids is 1. The van der Waals surface area contributed by atoms with Gasteiger partial charge in [-0.1, -0.05) is 12.1 Å². The summed E-state index contributed by atoms with van der Waals surface area (Å²) >= 11 is 0. The van der Waals surface area contributed by atoms with Crippen LogP contribution in [0.1, 0.15) is 24.4 Å². The Morgan fingerprint density at radius 2 is 1.85 bits per heavy atom. The van der Waals surface area contributed by atoms with Gasteiger partial charge in [0.25, 0.3) is 5.56 Å². The first kappa shape index (κ1) is 25.3. The third kappa shape index (κ3) is 5.60. The number of para-hydroxylation sites is 1. The van der Waals surface area contributed by atoms with Crippen molar-refractivity contribution in [3.8, 4) is 11.5 Å². The van der Waals surface area contributed by atoms with Crippen molar-refractivity contribution in [1.82, 2.24) is 25.1 Å². The molecule has 0 radical (unpaired) electrons. The zero-order valence-electron chi connectivity index (χ0n) is 19.5. The summed E-state index contributed by atoms with van der Waals surface area (Å²) in [5.74, 6) is 2.04. The molecule has 2 aromatic carbocycles. The van der Waals surface area contributed by atoms with E-state index >= 15 is 0 Å². The van der Waals surface area contributed by atoms with Gasteiger partial charge in [0.05, 0.1) is 37.7 Å². The fraction of sp³-hybridized carbons (Fsp3) is 0.375. The summed E-state index contributed by atoms with van der Waals surface area (Å²) in [6, 6.07) is 12.5. The number of ether oxygens (including phenoxy) is 2. The van der Waals surface area contributed by atoms with Crippen molar-refractivity contribution in [2.24, 2.45) is 0 Å². The zero-order chi connectivity index (χ0) is 23.4. The van der Waals surface area contributed by atoms with Crippen LogP contribution in [0.25, 0.3) is 10.9 Å². The van der Waals surface area contributed by atoms with Gasteiger partial charge in [0.1, 0.15) is 17.3 Å². The molecule has 2 N–H and O–H groups in total. The van der Waals surface area contributed by atoms with E-state index in [1.54, 1.807) is 25.2 Å². The number of rotatable bonds is 6. The van der Waals surface area contributed by atoms with Gasteiger partial charge in [-0.2, -0.15) is 0 Å². The molecule has 1 aromatic heterocycles. The highest BCUT2D eigenvalue weighted by molar-refractivity contribution is 5.85. The largest absolute Gasteiger partial charge is 0.497 e. The van der Waals surface area contributed by atoms with E-state index in [1.807, 2.05) is 43.3 Å². The number of H-pyrrole nitrogens is 1. The van der Waals surface area contributed by atoms with Crippen LogP contribution in [0.5, 0.6) is 11.5 Å². The number of aromatic amines is 1. The van der Waals surface area contributed by atoms with E-state index in [9.17, 15) is 9.59 Å². The van der Waals surface area contributed by atoms with Crippen LogP contribution in [-0.2, 0) is 6.54 Å². The summed E-state index contributed by atoms with van der Waals surface area (Å²) in [7, 11) is 3.22. The lowest BCUT2D eigenvalue weighted by atomic mass is 10.1. The average molecular weight is 488 g/mol. The molecule has 2 amide bonds. The Labute approximate surface area is 204 Å². The minimum Gasteiger partial charge on any atom is -0.497 e. The van der Waals surface area contributed by atoms with Crippen molar-refractivity contribution in [2.75, 3.05) is 40.4 Å². The minimum absolute atomic E-state index is 0. The van der Waals surface area contributed by atoms with Crippen molar-refractivity contribution in [1.29, 1.82) is 0 Å². The van der Waals surface area contributed by atoms with Gasteiger partial charge >= 0.3 is 6.03 Å². The average Bonchev–Trinajstić information content (AvgIpc) is 2.84. The number of urea groups is 1. The first-order chi connectivity index (χ1) is 16.0. The molecule has 1 aliphatic rings. The molecular weight excluding hydrogens is 458 g/mol. The number of hydrogen-bond acceptors (Lipinski definition) is 6. The normalized spacial score (nSPS) is 14.9. The van der Waals surface area contributed by atoms with Gasteiger partial charge in [0.15, 0.2) is 0 Å². The molecule has 2 heterocycles. The lowest BCUT2D eigenvalue weighted by molar-refractivity contribution is 0.132. The third-order valence-electron chi connectivity index (χ3n) is 5.94. The summed E-state index contributed by atoms with van der Waals surface area (Å²) in [4.78, 5) is 36.6. The number of aromatic nitrogens is 2. The molecule has 1 unspecified atom stereocenters. The summed E-state index contributed by atoms with van der Waals surface area (Å²) in [5, 5.41) is 3.64. The van der Waals surface area contributed by atoms with E-state index < -0.39 is 0 Å². The first-order valence-electron chi connectivity index (χ1n) is 11.0. The van der Waals surface area contributed by atoms with Gasteiger partial charge in [-0.25, -0.2) is 9.78 Å². The summed E-state index contributed by atoms with van der Waals surface area (Å²) < 4.78 is 10.7. The van der Waals surface area contributed by atoms with Crippen molar-refractivity contribution in [3.63, 3.8) is 0 Å². The molecular formula is C24H30ClN5O4. The van der Waals surface area contributed by atoms with Crippen LogP contribution in [-0.4, -0.2) is 66.2 Å². The highest BCUT2D eigenvalue weighted by Crippen LogP contribution is 2.29. The van der Waals surface area contributed by atoms with Gasteiger partial charge in [-0.3, -0.25) is 9.69 Å². The van der Waals surface area contributed by atoms with E-state index in [0.717, 1.165) is 5.56 Å². The number of benzene rings is 2. The fourth-order valence-corrected chi connectivity index (χ4v) is 4.06. The van der Waals surface area contributed by atoms with Gasteiger partial charge in [-0.15, -0.1) is 12.4 Å². The second kappa shape index (κ2) is 11.2. The van der Waals surface area contributed by atoms with Crippen LogP contribution < -0.4 is 20.3 Å². The summed E-state index contributed by atoms with van der Waals surface area (Å²) in [6.07, 6.45) is 0. The molecule has 4 rings (SSSR count). The Kier molecular flexibility index (Phi) is 8.36. The molecule has 34 heavy (non-hydrogen) atoms. The number of fused-ring (bicyclic) bond motifs is 1. The fourth-order valence-electron chi connectivity index (χ4n) is 4.06. The monoisotopic (exact) mass is 487 g/mol. The van der Waals surface area contributed by atoms with Gasteiger partial charge in [-0.05, 0) is 37.3 Å². The Balaban J connectivity index is 0.00000324. The van der Waals surface area contributed by atoms with E-state index in [1.165, 1.54) is 0 Å². The van der Waals surface area contributed by atoms with Gasteiger partial charge in [0, 0.05) is 31.7 Å². The van der Waals surface area contributed by atoms with E-state index in [4.69, 9.17) is 9.47 Å². The zero-order valence-corrected chi connectivity index (χ0v) is 20.4. The molecule has 9 nitrogen and oxygen atoms in total. The molecule has 1 fully saturated rings. The quantitative estimate of drug-likeness (QED) is 0.554. The molecule has 0 bridgehead atoms.